The molecule has 7 nitrogen and oxygen atoms in total. The van der Waals surface area contributed by atoms with Crippen molar-refractivity contribution in [3.05, 3.63) is 54.5 Å². The maximum atomic E-state index is 12.2. The van der Waals surface area contributed by atoms with E-state index in [9.17, 15) is 4.79 Å². The van der Waals surface area contributed by atoms with Crippen LogP contribution in [-0.4, -0.2) is 30.6 Å². The molecular formula is C13H10N6O. The van der Waals surface area contributed by atoms with Crippen molar-refractivity contribution >= 4 is 11.9 Å². The third-order valence-electron chi connectivity index (χ3n) is 2.63. The lowest BCUT2D eigenvalue weighted by Gasteiger charge is -2.00. The first-order chi connectivity index (χ1) is 9.75. The van der Waals surface area contributed by atoms with Crippen molar-refractivity contribution in [1.82, 2.24) is 24.7 Å². The highest BCUT2D eigenvalue weighted by Gasteiger charge is 2.17. The fraction of sp³-hybridized carbons (Fsp3) is 0. The summed E-state index contributed by atoms with van der Waals surface area (Å²) in [6, 6.07) is 8.64. The predicted octanol–water partition coefficient (Wildman–Crippen LogP) is 1.01. The van der Waals surface area contributed by atoms with E-state index in [1.165, 1.54) is 6.20 Å². The summed E-state index contributed by atoms with van der Waals surface area (Å²) >= 11 is 0. The van der Waals surface area contributed by atoms with Crippen LogP contribution in [0.25, 0.3) is 11.5 Å². The Morgan fingerprint density at radius 3 is 2.75 bits per heavy atom. The normalized spacial score (nSPS) is 10.4. The number of pyridine rings is 2. The molecular weight excluding hydrogens is 256 g/mol. The van der Waals surface area contributed by atoms with E-state index in [1.54, 1.807) is 36.7 Å². The van der Waals surface area contributed by atoms with Gasteiger partial charge in [0.05, 0.1) is 5.56 Å². The van der Waals surface area contributed by atoms with Crippen LogP contribution in [0.3, 0.4) is 0 Å². The number of hydrogen-bond acceptors (Lipinski definition) is 6. The molecule has 0 amide bonds. The first kappa shape index (κ1) is 12.0. The van der Waals surface area contributed by atoms with E-state index in [4.69, 9.17) is 5.73 Å². The highest BCUT2D eigenvalue weighted by Crippen LogP contribution is 2.14. The third kappa shape index (κ3) is 2.12. The number of rotatable bonds is 2. The summed E-state index contributed by atoms with van der Waals surface area (Å²) in [4.78, 5) is 24.3. The van der Waals surface area contributed by atoms with Gasteiger partial charge in [-0.25, -0.2) is 0 Å². The fourth-order valence-electron chi connectivity index (χ4n) is 1.69. The van der Waals surface area contributed by atoms with Gasteiger partial charge >= 0.3 is 0 Å². The van der Waals surface area contributed by atoms with E-state index in [0.29, 0.717) is 17.1 Å². The average molecular weight is 266 g/mol. The number of aromatic nitrogens is 5. The third-order valence-corrected chi connectivity index (χ3v) is 2.63. The molecule has 3 aromatic rings. The van der Waals surface area contributed by atoms with E-state index < -0.39 is 0 Å². The number of hydrogen-bond donors (Lipinski definition) is 1. The minimum atomic E-state index is -0.384. The predicted molar refractivity (Wildman–Crippen MR) is 71.6 cm³/mol. The molecule has 0 spiro atoms. The molecule has 0 radical (unpaired) electrons. The topological polar surface area (TPSA) is 99.6 Å². The molecule has 98 valence electrons. The largest absolute Gasteiger partial charge is 0.368 e. The average Bonchev–Trinajstić information content (AvgIpc) is 2.90. The number of carbonyl (C=O) groups is 1. The minimum Gasteiger partial charge on any atom is -0.368 e. The molecule has 2 N–H and O–H groups in total. The lowest BCUT2D eigenvalue weighted by atomic mass is 10.3. The molecule has 3 heterocycles. The van der Waals surface area contributed by atoms with Crippen LogP contribution in [0.1, 0.15) is 10.4 Å². The van der Waals surface area contributed by atoms with Crippen molar-refractivity contribution in [3.63, 3.8) is 0 Å². The van der Waals surface area contributed by atoms with Crippen molar-refractivity contribution in [2.45, 2.75) is 0 Å². The number of nitrogen functional groups attached to an aromatic ring is 1. The zero-order chi connectivity index (χ0) is 13.9. The van der Waals surface area contributed by atoms with Crippen LogP contribution < -0.4 is 5.73 Å². The van der Waals surface area contributed by atoms with Gasteiger partial charge in [0.1, 0.15) is 5.69 Å². The van der Waals surface area contributed by atoms with Crippen molar-refractivity contribution in [1.29, 1.82) is 0 Å². The first-order valence-corrected chi connectivity index (χ1v) is 5.84. The molecule has 7 heteroatoms. The van der Waals surface area contributed by atoms with E-state index in [2.05, 4.69) is 20.1 Å². The van der Waals surface area contributed by atoms with Crippen molar-refractivity contribution in [2.24, 2.45) is 0 Å². The minimum absolute atomic E-state index is 0.0134. The molecule has 0 saturated carbocycles. The van der Waals surface area contributed by atoms with E-state index in [1.807, 2.05) is 6.07 Å². The Morgan fingerprint density at radius 1 is 1.15 bits per heavy atom. The van der Waals surface area contributed by atoms with Crippen LogP contribution in [0.4, 0.5) is 5.95 Å². The summed E-state index contributed by atoms with van der Waals surface area (Å²) < 4.78 is 1.04. The standard InChI is InChI=1S/C13H10N6O/c14-13-17-11(10-5-1-2-7-16-10)18-19(13)12(20)9-4-3-6-15-8-9/h1-8H,(H2,14,17,18). The Kier molecular flexibility index (Phi) is 2.92. The SMILES string of the molecule is Nc1nc(-c2ccccn2)nn1C(=O)c1cccnc1. The molecule has 20 heavy (non-hydrogen) atoms. The molecule has 0 bridgehead atoms. The van der Waals surface area contributed by atoms with Crippen LogP contribution in [0, 0.1) is 0 Å². The molecule has 0 fully saturated rings. The Bertz CT molecular complexity index is 738. The second-order valence-electron chi connectivity index (χ2n) is 3.97. The molecule has 0 unspecified atom stereocenters. The lowest BCUT2D eigenvalue weighted by Crippen LogP contribution is -2.16. The van der Waals surface area contributed by atoms with Crippen LogP contribution in [-0.2, 0) is 0 Å². The highest BCUT2D eigenvalue weighted by molar-refractivity contribution is 5.96. The number of carbonyl (C=O) groups excluding carboxylic acids is 1. The van der Waals surface area contributed by atoms with Gasteiger partial charge in [0, 0.05) is 18.6 Å². The van der Waals surface area contributed by atoms with E-state index >= 15 is 0 Å². The van der Waals surface area contributed by atoms with E-state index in [0.717, 1.165) is 4.68 Å². The molecule has 0 aliphatic rings. The smallest absolute Gasteiger partial charge is 0.282 e. The fourth-order valence-corrected chi connectivity index (χ4v) is 1.69. The summed E-state index contributed by atoms with van der Waals surface area (Å²) in [6.45, 7) is 0. The van der Waals surface area contributed by atoms with Gasteiger partial charge in [-0.15, -0.1) is 5.10 Å². The van der Waals surface area contributed by atoms with Crippen molar-refractivity contribution in [2.75, 3.05) is 5.73 Å². The van der Waals surface area contributed by atoms with Crippen molar-refractivity contribution in [3.8, 4) is 11.5 Å². The maximum absolute atomic E-state index is 12.2. The highest BCUT2D eigenvalue weighted by atomic mass is 16.2. The van der Waals surface area contributed by atoms with Gasteiger partial charge in [0.15, 0.2) is 0 Å². The van der Waals surface area contributed by atoms with Crippen LogP contribution >= 0.6 is 0 Å². The number of anilines is 1. The summed E-state index contributed by atoms with van der Waals surface area (Å²) in [7, 11) is 0. The lowest BCUT2D eigenvalue weighted by molar-refractivity contribution is 0.0947. The van der Waals surface area contributed by atoms with Gasteiger partial charge in [-0.05, 0) is 24.3 Å². The zero-order valence-corrected chi connectivity index (χ0v) is 10.3. The quantitative estimate of drug-likeness (QED) is 0.743. The summed E-state index contributed by atoms with van der Waals surface area (Å²) in [5.74, 6) is -0.0647. The molecule has 0 aromatic carbocycles. The van der Waals surface area contributed by atoms with Gasteiger partial charge in [-0.3, -0.25) is 14.8 Å². The Morgan fingerprint density at radius 2 is 2.05 bits per heavy atom. The number of nitrogens with zero attached hydrogens (tertiary/aromatic N) is 5. The van der Waals surface area contributed by atoms with Crippen LogP contribution in [0.2, 0.25) is 0 Å². The summed E-state index contributed by atoms with van der Waals surface area (Å²) in [6.07, 6.45) is 4.65. The zero-order valence-electron chi connectivity index (χ0n) is 10.3. The van der Waals surface area contributed by atoms with E-state index in [-0.39, 0.29) is 11.9 Å². The molecule has 0 aliphatic heterocycles. The van der Waals surface area contributed by atoms with Gasteiger partial charge in [-0.1, -0.05) is 6.07 Å². The summed E-state index contributed by atoms with van der Waals surface area (Å²) in [5.41, 5.74) is 6.68. The van der Waals surface area contributed by atoms with Gasteiger partial charge in [0.25, 0.3) is 5.91 Å². The van der Waals surface area contributed by atoms with Gasteiger partial charge < -0.3 is 5.73 Å². The first-order valence-electron chi connectivity index (χ1n) is 5.84. The molecule has 3 rings (SSSR count). The molecule has 0 aliphatic carbocycles. The van der Waals surface area contributed by atoms with Crippen LogP contribution in [0.15, 0.2) is 48.9 Å². The van der Waals surface area contributed by atoms with Gasteiger partial charge in [0.2, 0.25) is 11.8 Å². The molecule has 0 saturated heterocycles. The maximum Gasteiger partial charge on any atom is 0.282 e. The summed E-state index contributed by atoms with van der Waals surface area (Å²) in [5, 5.41) is 4.10. The molecule has 0 atom stereocenters. The second-order valence-corrected chi connectivity index (χ2v) is 3.97. The van der Waals surface area contributed by atoms with Gasteiger partial charge in [-0.2, -0.15) is 9.67 Å². The molecule has 3 aromatic heterocycles. The Labute approximate surface area is 114 Å². The van der Waals surface area contributed by atoms with Crippen molar-refractivity contribution < 1.29 is 4.79 Å². The monoisotopic (exact) mass is 266 g/mol. The Balaban J connectivity index is 2.00. The second kappa shape index (κ2) is 4.88. The number of nitrogens with two attached hydrogens (primary N) is 1. The van der Waals surface area contributed by atoms with Crippen LogP contribution in [0.5, 0.6) is 0 Å². The Hall–Kier alpha value is -3.09.